The standard InChI is InChI=1S/C16H32N2O/c1-12(2)8-17-9-15-5-6-16(19-15)11-18(4)10-14-7-13(14)3/h12-17H,5-11H2,1-4H3. The van der Waals surface area contributed by atoms with Crippen LogP contribution in [0.4, 0.5) is 0 Å². The van der Waals surface area contributed by atoms with Crippen LogP contribution >= 0.6 is 0 Å². The first-order chi connectivity index (χ1) is 9.04. The minimum atomic E-state index is 0.442. The summed E-state index contributed by atoms with van der Waals surface area (Å²) >= 11 is 0. The molecule has 0 aromatic carbocycles. The maximum atomic E-state index is 6.14. The smallest absolute Gasteiger partial charge is 0.0707 e. The van der Waals surface area contributed by atoms with Gasteiger partial charge in [-0.15, -0.1) is 0 Å². The highest BCUT2D eigenvalue weighted by molar-refractivity contribution is 4.85. The summed E-state index contributed by atoms with van der Waals surface area (Å²) in [5.74, 6) is 2.64. The lowest BCUT2D eigenvalue weighted by Gasteiger charge is -2.21. The molecule has 19 heavy (non-hydrogen) atoms. The molecule has 1 saturated heterocycles. The zero-order chi connectivity index (χ0) is 13.8. The maximum absolute atomic E-state index is 6.14. The number of ether oxygens (including phenoxy) is 1. The first-order valence-corrected chi connectivity index (χ1v) is 8.09. The third-order valence-corrected chi connectivity index (χ3v) is 4.46. The fraction of sp³-hybridized carbons (Fsp3) is 1.00. The maximum Gasteiger partial charge on any atom is 0.0707 e. The van der Waals surface area contributed by atoms with E-state index in [2.05, 4.69) is 38.0 Å². The van der Waals surface area contributed by atoms with Gasteiger partial charge in [0.05, 0.1) is 12.2 Å². The predicted octanol–water partition coefficient (Wildman–Crippen LogP) is 2.37. The molecule has 1 heterocycles. The van der Waals surface area contributed by atoms with Gasteiger partial charge in [-0.05, 0) is 50.6 Å². The highest BCUT2D eigenvalue weighted by atomic mass is 16.5. The van der Waals surface area contributed by atoms with Crippen molar-refractivity contribution in [2.75, 3.05) is 33.2 Å². The molecule has 0 aromatic heterocycles. The van der Waals surface area contributed by atoms with Crippen LogP contribution in [0.3, 0.4) is 0 Å². The van der Waals surface area contributed by atoms with Crippen molar-refractivity contribution < 1.29 is 4.74 Å². The molecule has 2 fully saturated rings. The molecule has 4 unspecified atom stereocenters. The van der Waals surface area contributed by atoms with Crippen LogP contribution in [-0.2, 0) is 4.74 Å². The lowest BCUT2D eigenvalue weighted by atomic mass is 10.1. The molecule has 0 radical (unpaired) electrons. The fourth-order valence-corrected chi connectivity index (χ4v) is 3.07. The second-order valence-electron chi connectivity index (χ2n) is 7.20. The van der Waals surface area contributed by atoms with Gasteiger partial charge in [0, 0.05) is 19.6 Å². The molecule has 2 rings (SSSR count). The van der Waals surface area contributed by atoms with Crippen LogP contribution < -0.4 is 5.32 Å². The highest BCUT2D eigenvalue weighted by Crippen LogP contribution is 2.38. The van der Waals surface area contributed by atoms with Gasteiger partial charge in [-0.25, -0.2) is 0 Å². The molecule has 0 spiro atoms. The van der Waals surface area contributed by atoms with E-state index >= 15 is 0 Å². The lowest BCUT2D eigenvalue weighted by molar-refractivity contribution is 0.0269. The van der Waals surface area contributed by atoms with Crippen molar-refractivity contribution in [2.24, 2.45) is 17.8 Å². The summed E-state index contributed by atoms with van der Waals surface area (Å²) in [6.07, 6.45) is 4.79. The summed E-state index contributed by atoms with van der Waals surface area (Å²) in [4.78, 5) is 2.47. The molecule has 3 nitrogen and oxygen atoms in total. The van der Waals surface area contributed by atoms with Crippen molar-refractivity contribution in [2.45, 2.75) is 52.2 Å². The Bertz CT molecular complexity index is 269. The highest BCUT2D eigenvalue weighted by Gasteiger charge is 2.34. The van der Waals surface area contributed by atoms with Crippen molar-refractivity contribution in [1.82, 2.24) is 10.2 Å². The van der Waals surface area contributed by atoms with E-state index in [0.29, 0.717) is 12.2 Å². The van der Waals surface area contributed by atoms with Crippen LogP contribution in [0.15, 0.2) is 0 Å². The van der Waals surface area contributed by atoms with Crippen molar-refractivity contribution in [3.8, 4) is 0 Å². The number of hydrogen-bond donors (Lipinski definition) is 1. The summed E-state index contributed by atoms with van der Waals surface area (Å²) in [6.45, 7) is 11.4. The topological polar surface area (TPSA) is 24.5 Å². The molecule has 0 bridgehead atoms. The van der Waals surface area contributed by atoms with Crippen LogP contribution in [0.1, 0.15) is 40.0 Å². The number of hydrogen-bond acceptors (Lipinski definition) is 3. The van der Waals surface area contributed by atoms with Crippen molar-refractivity contribution in [3.63, 3.8) is 0 Å². The van der Waals surface area contributed by atoms with E-state index in [0.717, 1.165) is 37.4 Å². The van der Waals surface area contributed by atoms with Crippen molar-refractivity contribution >= 4 is 0 Å². The zero-order valence-electron chi connectivity index (χ0n) is 13.2. The van der Waals surface area contributed by atoms with Gasteiger partial charge in [0.15, 0.2) is 0 Å². The Kier molecular flexibility index (Phi) is 5.67. The number of nitrogens with one attached hydrogen (secondary N) is 1. The second-order valence-corrected chi connectivity index (χ2v) is 7.20. The van der Waals surface area contributed by atoms with E-state index in [4.69, 9.17) is 4.74 Å². The molecular weight excluding hydrogens is 236 g/mol. The third-order valence-electron chi connectivity index (χ3n) is 4.46. The summed E-state index contributed by atoms with van der Waals surface area (Å²) in [7, 11) is 2.25. The van der Waals surface area contributed by atoms with E-state index in [1.165, 1.54) is 25.8 Å². The van der Waals surface area contributed by atoms with Crippen molar-refractivity contribution in [1.29, 1.82) is 0 Å². The van der Waals surface area contributed by atoms with Crippen LogP contribution in [0.2, 0.25) is 0 Å². The van der Waals surface area contributed by atoms with Crippen LogP contribution in [0, 0.1) is 17.8 Å². The minimum absolute atomic E-state index is 0.442. The molecule has 2 aliphatic rings. The van der Waals surface area contributed by atoms with Crippen LogP contribution in [0.25, 0.3) is 0 Å². The van der Waals surface area contributed by atoms with Crippen LogP contribution in [0.5, 0.6) is 0 Å². The summed E-state index contributed by atoms with van der Waals surface area (Å²) in [6, 6.07) is 0. The Labute approximate surface area is 119 Å². The average Bonchev–Trinajstić information content (AvgIpc) is 2.83. The average molecular weight is 268 g/mol. The van der Waals surface area contributed by atoms with Gasteiger partial charge in [-0.3, -0.25) is 0 Å². The summed E-state index contributed by atoms with van der Waals surface area (Å²) in [5, 5.41) is 3.51. The molecule has 112 valence electrons. The largest absolute Gasteiger partial charge is 0.372 e. The Morgan fingerprint density at radius 3 is 2.53 bits per heavy atom. The van der Waals surface area contributed by atoms with Gasteiger partial charge in [0.25, 0.3) is 0 Å². The molecule has 1 aliphatic carbocycles. The summed E-state index contributed by atoms with van der Waals surface area (Å²) < 4.78 is 6.14. The first kappa shape index (κ1) is 15.3. The molecule has 0 aromatic rings. The Balaban J connectivity index is 1.56. The summed E-state index contributed by atoms with van der Waals surface area (Å²) in [5.41, 5.74) is 0. The third kappa shape index (κ3) is 5.41. The lowest BCUT2D eigenvalue weighted by Crippen LogP contribution is -2.33. The molecular formula is C16H32N2O. The molecule has 1 N–H and O–H groups in total. The fourth-order valence-electron chi connectivity index (χ4n) is 3.07. The van der Waals surface area contributed by atoms with Gasteiger partial charge in [0.1, 0.15) is 0 Å². The molecule has 4 atom stereocenters. The van der Waals surface area contributed by atoms with Gasteiger partial charge in [-0.2, -0.15) is 0 Å². The van der Waals surface area contributed by atoms with E-state index in [1.807, 2.05) is 0 Å². The van der Waals surface area contributed by atoms with Crippen LogP contribution in [-0.4, -0.2) is 50.3 Å². The molecule has 1 saturated carbocycles. The zero-order valence-corrected chi connectivity index (χ0v) is 13.2. The quantitative estimate of drug-likeness (QED) is 0.731. The van der Waals surface area contributed by atoms with E-state index < -0.39 is 0 Å². The minimum Gasteiger partial charge on any atom is -0.372 e. The Hall–Kier alpha value is -0.120. The Morgan fingerprint density at radius 1 is 1.21 bits per heavy atom. The van der Waals surface area contributed by atoms with Gasteiger partial charge in [-0.1, -0.05) is 20.8 Å². The number of likely N-dealkylation sites (N-methyl/N-ethyl adjacent to an activating group) is 1. The predicted molar refractivity (Wildman–Crippen MR) is 80.4 cm³/mol. The van der Waals surface area contributed by atoms with E-state index in [1.54, 1.807) is 0 Å². The molecule has 1 aliphatic heterocycles. The van der Waals surface area contributed by atoms with Gasteiger partial charge >= 0.3 is 0 Å². The SMILES string of the molecule is CC(C)CNCC1CCC(CN(C)CC2CC2C)O1. The van der Waals surface area contributed by atoms with E-state index in [9.17, 15) is 0 Å². The Morgan fingerprint density at radius 2 is 1.89 bits per heavy atom. The van der Waals surface area contributed by atoms with E-state index in [-0.39, 0.29) is 0 Å². The monoisotopic (exact) mass is 268 g/mol. The molecule has 3 heteroatoms. The number of rotatable bonds is 8. The normalized spacial score (nSPS) is 34.4. The van der Waals surface area contributed by atoms with Gasteiger partial charge < -0.3 is 15.0 Å². The molecule has 0 amide bonds. The second kappa shape index (κ2) is 7.05. The van der Waals surface area contributed by atoms with Crippen molar-refractivity contribution in [3.05, 3.63) is 0 Å². The number of nitrogens with zero attached hydrogens (tertiary/aromatic N) is 1. The van der Waals surface area contributed by atoms with Gasteiger partial charge in [0.2, 0.25) is 0 Å². The first-order valence-electron chi connectivity index (χ1n) is 8.09.